The highest BCUT2D eigenvalue weighted by molar-refractivity contribution is 7.89. The Morgan fingerprint density at radius 2 is 2.00 bits per heavy atom. The summed E-state index contributed by atoms with van der Waals surface area (Å²) in [5, 5.41) is 11.7. The van der Waals surface area contributed by atoms with Crippen molar-refractivity contribution in [1.29, 1.82) is 0 Å². The van der Waals surface area contributed by atoms with E-state index in [1.165, 1.54) is 0 Å². The zero-order valence-corrected chi connectivity index (χ0v) is 11.1. The van der Waals surface area contributed by atoms with Gasteiger partial charge in [0, 0.05) is 0 Å². The first-order valence-corrected chi connectivity index (χ1v) is 7.46. The van der Waals surface area contributed by atoms with Crippen molar-refractivity contribution in [3.05, 3.63) is 0 Å². The van der Waals surface area contributed by atoms with Gasteiger partial charge in [-0.05, 0) is 18.8 Å². The highest BCUT2D eigenvalue weighted by Crippen LogP contribution is 2.30. The summed E-state index contributed by atoms with van der Waals surface area (Å²) in [6, 6.07) is 0. The fraction of sp³-hybridized carbons (Fsp3) is 0.900. The minimum absolute atomic E-state index is 0.0395. The topological polar surface area (TPSA) is 105 Å². The summed E-state index contributed by atoms with van der Waals surface area (Å²) in [6.07, 6.45) is 2.92. The maximum atomic E-state index is 11.9. The smallest absolute Gasteiger partial charge is 0.212 e. The summed E-state index contributed by atoms with van der Waals surface area (Å²) in [6.45, 7) is 3.67. The van der Waals surface area contributed by atoms with E-state index in [4.69, 9.17) is 10.9 Å². The second kappa shape index (κ2) is 5.22. The molecule has 6 nitrogen and oxygen atoms in total. The molecule has 0 aromatic carbocycles. The normalized spacial score (nSPS) is 21.0. The van der Waals surface area contributed by atoms with Gasteiger partial charge in [0.15, 0.2) is 5.84 Å². The van der Waals surface area contributed by atoms with E-state index >= 15 is 0 Å². The van der Waals surface area contributed by atoms with E-state index in [1.807, 2.05) is 13.8 Å². The van der Waals surface area contributed by atoms with Crippen molar-refractivity contribution in [2.45, 2.75) is 45.1 Å². The monoisotopic (exact) mass is 263 g/mol. The molecule has 100 valence electrons. The molecule has 17 heavy (non-hydrogen) atoms. The van der Waals surface area contributed by atoms with Crippen molar-refractivity contribution in [2.75, 3.05) is 5.75 Å². The predicted molar refractivity (Wildman–Crippen MR) is 66.4 cm³/mol. The lowest BCUT2D eigenvalue weighted by molar-refractivity contribution is 0.309. The van der Waals surface area contributed by atoms with Gasteiger partial charge >= 0.3 is 0 Å². The lowest BCUT2D eigenvalue weighted by Gasteiger charge is -2.28. The molecule has 4 N–H and O–H groups in total. The van der Waals surface area contributed by atoms with Crippen LogP contribution in [0.4, 0.5) is 0 Å². The molecule has 0 unspecified atom stereocenters. The van der Waals surface area contributed by atoms with Gasteiger partial charge in [0.2, 0.25) is 10.0 Å². The van der Waals surface area contributed by atoms with Crippen LogP contribution in [-0.2, 0) is 10.0 Å². The number of rotatable bonds is 5. The molecule has 1 fully saturated rings. The fourth-order valence-electron chi connectivity index (χ4n) is 2.26. The Bertz CT molecular complexity index is 384. The molecule has 0 radical (unpaired) electrons. The second-order valence-corrected chi connectivity index (χ2v) is 6.82. The maximum Gasteiger partial charge on any atom is 0.212 e. The maximum absolute atomic E-state index is 11.9. The Balaban J connectivity index is 2.89. The lowest BCUT2D eigenvalue weighted by atomic mass is 9.98. The van der Waals surface area contributed by atoms with Crippen molar-refractivity contribution in [1.82, 2.24) is 4.72 Å². The van der Waals surface area contributed by atoms with Gasteiger partial charge < -0.3 is 10.9 Å². The lowest BCUT2D eigenvalue weighted by Crippen LogP contribution is -2.56. The van der Waals surface area contributed by atoms with Crippen molar-refractivity contribution in [3.63, 3.8) is 0 Å². The Morgan fingerprint density at radius 1 is 1.47 bits per heavy atom. The second-order valence-electron chi connectivity index (χ2n) is 5.05. The third-order valence-corrected chi connectivity index (χ3v) is 4.77. The zero-order chi connectivity index (χ0) is 13.1. The van der Waals surface area contributed by atoms with Crippen molar-refractivity contribution >= 4 is 15.9 Å². The molecule has 1 aliphatic carbocycles. The molecular weight excluding hydrogens is 242 g/mol. The number of sulfonamides is 1. The number of hydrogen-bond acceptors (Lipinski definition) is 4. The molecule has 0 aliphatic heterocycles. The quantitative estimate of drug-likeness (QED) is 0.293. The highest BCUT2D eigenvalue weighted by atomic mass is 32.2. The molecule has 0 bridgehead atoms. The van der Waals surface area contributed by atoms with Crippen molar-refractivity contribution in [2.24, 2.45) is 16.8 Å². The van der Waals surface area contributed by atoms with E-state index in [9.17, 15) is 8.42 Å². The van der Waals surface area contributed by atoms with Gasteiger partial charge in [-0.15, -0.1) is 0 Å². The van der Waals surface area contributed by atoms with Crippen LogP contribution in [0.5, 0.6) is 0 Å². The summed E-state index contributed by atoms with van der Waals surface area (Å²) in [4.78, 5) is 0. The summed E-state index contributed by atoms with van der Waals surface area (Å²) in [7, 11) is -3.40. The minimum Gasteiger partial charge on any atom is -0.409 e. The molecule has 0 spiro atoms. The number of nitrogens with zero attached hydrogens (tertiary/aromatic N) is 1. The van der Waals surface area contributed by atoms with Gasteiger partial charge in [0.1, 0.15) is 0 Å². The van der Waals surface area contributed by atoms with E-state index in [0.29, 0.717) is 12.8 Å². The minimum atomic E-state index is -3.40. The van der Waals surface area contributed by atoms with Crippen LogP contribution in [0.3, 0.4) is 0 Å². The molecule has 1 saturated carbocycles. The first-order chi connectivity index (χ1) is 7.81. The summed E-state index contributed by atoms with van der Waals surface area (Å²) < 4.78 is 26.4. The number of amidine groups is 1. The summed E-state index contributed by atoms with van der Waals surface area (Å²) in [5.74, 6) is 0.0496. The van der Waals surface area contributed by atoms with Gasteiger partial charge in [-0.2, -0.15) is 0 Å². The van der Waals surface area contributed by atoms with Gasteiger partial charge in [-0.25, -0.2) is 13.1 Å². The van der Waals surface area contributed by atoms with Gasteiger partial charge in [0.05, 0.1) is 11.3 Å². The molecule has 1 aliphatic rings. The summed E-state index contributed by atoms with van der Waals surface area (Å²) in [5.41, 5.74) is 4.74. The van der Waals surface area contributed by atoms with Crippen LogP contribution in [0.2, 0.25) is 0 Å². The molecule has 0 amide bonds. The van der Waals surface area contributed by atoms with E-state index in [1.54, 1.807) is 0 Å². The molecule has 7 heteroatoms. The fourth-order valence-corrected chi connectivity index (χ4v) is 4.13. The van der Waals surface area contributed by atoms with Crippen LogP contribution < -0.4 is 10.5 Å². The Kier molecular flexibility index (Phi) is 4.37. The van der Waals surface area contributed by atoms with Crippen LogP contribution in [0.25, 0.3) is 0 Å². The molecule has 0 aromatic heterocycles. The number of nitrogens with one attached hydrogen (secondary N) is 1. The van der Waals surface area contributed by atoms with Gasteiger partial charge in [-0.1, -0.05) is 31.8 Å². The molecule has 0 heterocycles. The molecule has 0 aromatic rings. The third-order valence-electron chi connectivity index (χ3n) is 2.96. The molecule has 0 saturated heterocycles. The Morgan fingerprint density at radius 3 is 2.41 bits per heavy atom. The number of hydrogen-bond donors (Lipinski definition) is 3. The zero-order valence-electron chi connectivity index (χ0n) is 10.3. The van der Waals surface area contributed by atoms with Crippen LogP contribution >= 0.6 is 0 Å². The van der Waals surface area contributed by atoms with E-state index in [2.05, 4.69) is 9.88 Å². The third kappa shape index (κ3) is 3.57. The first kappa shape index (κ1) is 14.2. The Hall–Kier alpha value is -0.820. The van der Waals surface area contributed by atoms with Gasteiger partial charge in [-0.3, -0.25) is 0 Å². The highest BCUT2D eigenvalue weighted by Gasteiger charge is 2.41. The predicted octanol–water partition coefficient (Wildman–Crippen LogP) is 0.621. The average molecular weight is 263 g/mol. The van der Waals surface area contributed by atoms with Crippen molar-refractivity contribution < 1.29 is 13.6 Å². The van der Waals surface area contributed by atoms with E-state index in [0.717, 1.165) is 12.8 Å². The van der Waals surface area contributed by atoms with Crippen molar-refractivity contribution in [3.8, 4) is 0 Å². The molecule has 1 rings (SSSR count). The van der Waals surface area contributed by atoms with E-state index in [-0.39, 0.29) is 17.5 Å². The Labute approximate surface area is 102 Å². The SMILES string of the molecule is CC(C)CS(=O)(=O)NC1(C(N)=NO)CCCC1. The molecule has 0 atom stereocenters. The van der Waals surface area contributed by atoms with Crippen LogP contribution in [0.15, 0.2) is 5.16 Å². The van der Waals surface area contributed by atoms with Gasteiger partial charge in [0.25, 0.3) is 0 Å². The summed E-state index contributed by atoms with van der Waals surface area (Å²) >= 11 is 0. The number of oxime groups is 1. The largest absolute Gasteiger partial charge is 0.409 e. The van der Waals surface area contributed by atoms with Crippen LogP contribution in [0, 0.1) is 5.92 Å². The standard InChI is InChI=1S/C10H21N3O3S/c1-8(2)7-17(15,16)13-10(9(11)12-14)5-3-4-6-10/h8,13-14H,3-7H2,1-2H3,(H2,11,12). The molecular formula is C10H21N3O3S. The average Bonchev–Trinajstić information content (AvgIpc) is 2.63. The number of nitrogens with two attached hydrogens (primary N) is 1. The van der Waals surface area contributed by atoms with Crippen LogP contribution in [-0.4, -0.2) is 30.8 Å². The van der Waals surface area contributed by atoms with Crippen LogP contribution in [0.1, 0.15) is 39.5 Å². The van der Waals surface area contributed by atoms with E-state index < -0.39 is 15.6 Å². The first-order valence-electron chi connectivity index (χ1n) is 5.81.